The van der Waals surface area contributed by atoms with Crippen LogP contribution in [-0.2, 0) is 16.4 Å². The minimum atomic E-state index is -3.21. The molecule has 1 aliphatic heterocycles. The molecule has 2 heterocycles. The van der Waals surface area contributed by atoms with Gasteiger partial charge in [0.05, 0.1) is 11.5 Å². The molecule has 0 spiro atoms. The fraction of sp³-hybridized carbons (Fsp3) is 0.238. The Balaban J connectivity index is 1.62. The molecule has 1 unspecified atom stereocenters. The smallest absolute Gasteiger partial charge is 0.276 e. The summed E-state index contributed by atoms with van der Waals surface area (Å²) in [7, 11) is -3.21. The number of hydrogen-bond donors (Lipinski definition) is 0. The van der Waals surface area contributed by atoms with E-state index in [1.807, 2.05) is 0 Å². The summed E-state index contributed by atoms with van der Waals surface area (Å²) in [4.78, 5) is 14.7. The summed E-state index contributed by atoms with van der Waals surface area (Å²) in [5.41, 5.74) is 1.47. The zero-order chi connectivity index (χ0) is 21.3. The Morgan fingerprint density at radius 2 is 1.87 bits per heavy atom. The van der Waals surface area contributed by atoms with Crippen molar-refractivity contribution in [3.63, 3.8) is 0 Å². The van der Waals surface area contributed by atoms with Crippen molar-refractivity contribution >= 4 is 27.3 Å². The zero-order valence-electron chi connectivity index (χ0n) is 15.8. The Labute approximate surface area is 178 Å². The lowest BCUT2D eigenvalue weighted by atomic mass is 10.1. The highest BCUT2D eigenvalue weighted by Crippen LogP contribution is 2.26. The lowest BCUT2D eigenvalue weighted by Gasteiger charge is -2.27. The van der Waals surface area contributed by atoms with Gasteiger partial charge >= 0.3 is 0 Å². The van der Waals surface area contributed by atoms with Crippen LogP contribution in [0.1, 0.15) is 22.5 Å². The number of benzene rings is 2. The number of halogens is 2. The number of amides is 1. The minimum Gasteiger partial charge on any atom is -0.355 e. The first-order chi connectivity index (χ1) is 14.3. The van der Waals surface area contributed by atoms with E-state index < -0.39 is 21.8 Å². The van der Waals surface area contributed by atoms with Crippen molar-refractivity contribution in [2.75, 3.05) is 11.5 Å². The SMILES string of the molecule is O=C(c1cc(-c2ccc(Cl)cc2)on1)N(Cc1ccc(F)cc1)C1CCS(=O)(=O)C1. The number of rotatable bonds is 5. The average Bonchev–Trinajstić information content (AvgIpc) is 3.34. The van der Waals surface area contributed by atoms with Gasteiger partial charge in [0, 0.05) is 29.2 Å². The second-order valence-corrected chi connectivity index (χ2v) is 9.86. The predicted octanol–water partition coefficient (Wildman–Crippen LogP) is 3.96. The minimum absolute atomic E-state index is 0.0275. The van der Waals surface area contributed by atoms with Crippen LogP contribution in [0.25, 0.3) is 11.3 Å². The van der Waals surface area contributed by atoms with E-state index in [2.05, 4.69) is 5.16 Å². The first kappa shape index (κ1) is 20.6. The number of carbonyl (C=O) groups excluding carboxylic acids is 1. The lowest BCUT2D eigenvalue weighted by molar-refractivity contribution is 0.0670. The van der Waals surface area contributed by atoms with Crippen molar-refractivity contribution in [3.8, 4) is 11.3 Å². The van der Waals surface area contributed by atoms with Crippen LogP contribution in [0.5, 0.6) is 0 Å². The Kier molecular flexibility index (Phi) is 5.62. The molecule has 30 heavy (non-hydrogen) atoms. The summed E-state index contributed by atoms with van der Waals surface area (Å²) in [6, 6.07) is 13.7. The van der Waals surface area contributed by atoms with Gasteiger partial charge in [-0.15, -0.1) is 0 Å². The summed E-state index contributed by atoms with van der Waals surface area (Å²) < 4.78 is 42.5. The second kappa shape index (κ2) is 8.20. The lowest BCUT2D eigenvalue weighted by Crippen LogP contribution is -2.40. The van der Waals surface area contributed by atoms with Crippen LogP contribution in [0.2, 0.25) is 5.02 Å². The molecule has 1 amide bonds. The monoisotopic (exact) mass is 448 g/mol. The summed E-state index contributed by atoms with van der Waals surface area (Å²) in [5, 5.41) is 4.46. The molecule has 3 aromatic rings. The van der Waals surface area contributed by atoms with Gasteiger partial charge in [-0.3, -0.25) is 4.79 Å². The first-order valence-corrected chi connectivity index (χ1v) is 11.5. The maximum Gasteiger partial charge on any atom is 0.276 e. The van der Waals surface area contributed by atoms with Gasteiger partial charge in [-0.05, 0) is 48.4 Å². The van der Waals surface area contributed by atoms with Gasteiger partial charge in [0.25, 0.3) is 5.91 Å². The fourth-order valence-corrected chi connectivity index (χ4v) is 5.30. The van der Waals surface area contributed by atoms with E-state index in [1.165, 1.54) is 23.1 Å². The van der Waals surface area contributed by atoms with Gasteiger partial charge in [-0.25, -0.2) is 12.8 Å². The zero-order valence-corrected chi connectivity index (χ0v) is 17.4. The largest absolute Gasteiger partial charge is 0.355 e. The van der Waals surface area contributed by atoms with Crippen molar-refractivity contribution in [2.45, 2.75) is 19.0 Å². The highest BCUT2D eigenvalue weighted by atomic mass is 35.5. The third kappa shape index (κ3) is 4.55. The van der Waals surface area contributed by atoms with Crippen LogP contribution in [0.4, 0.5) is 4.39 Å². The molecule has 0 N–H and O–H groups in total. The number of sulfone groups is 1. The van der Waals surface area contributed by atoms with Gasteiger partial charge in [-0.2, -0.15) is 0 Å². The van der Waals surface area contributed by atoms with Gasteiger partial charge < -0.3 is 9.42 Å². The topological polar surface area (TPSA) is 80.5 Å². The molecule has 2 aromatic carbocycles. The van der Waals surface area contributed by atoms with E-state index >= 15 is 0 Å². The number of nitrogens with zero attached hydrogens (tertiary/aromatic N) is 2. The first-order valence-electron chi connectivity index (χ1n) is 9.29. The van der Waals surface area contributed by atoms with Crippen LogP contribution in [-0.4, -0.2) is 41.9 Å². The Hall–Kier alpha value is -2.71. The molecule has 0 aliphatic carbocycles. The number of carbonyl (C=O) groups is 1. The third-order valence-corrected chi connectivity index (χ3v) is 7.04. The number of aromatic nitrogens is 1. The predicted molar refractivity (Wildman–Crippen MR) is 110 cm³/mol. The molecule has 4 rings (SSSR count). The van der Waals surface area contributed by atoms with Crippen LogP contribution in [0.3, 0.4) is 0 Å². The van der Waals surface area contributed by atoms with Crippen molar-refractivity contribution in [1.82, 2.24) is 10.1 Å². The van der Waals surface area contributed by atoms with Gasteiger partial charge in [-0.1, -0.05) is 28.9 Å². The molecule has 6 nitrogen and oxygen atoms in total. The third-order valence-electron chi connectivity index (χ3n) is 5.03. The van der Waals surface area contributed by atoms with Gasteiger partial charge in [0.15, 0.2) is 21.3 Å². The van der Waals surface area contributed by atoms with E-state index in [9.17, 15) is 17.6 Å². The normalized spacial score (nSPS) is 17.7. The molecule has 0 saturated carbocycles. The van der Waals surface area contributed by atoms with Crippen LogP contribution < -0.4 is 0 Å². The van der Waals surface area contributed by atoms with Gasteiger partial charge in [0.2, 0.25) is 0 Å². The summed E-state index contributed by atoms with van der Waals surface area (Å²) >= 11 is 5.90. The van der Waals surface area contributed by atoms with Gasteiger partial charge in [0.1, 0.15) is 5.82 Å². The summed E-state index contributed by atoms with van der Waals surface area (Å²) in [5.74, 6) is -0.507. The standard InChI is InChI=1S/C21H18ClFN2O4S/c22-16-5-3-15(4-6-16)20-11-19(24-29-20)21(26)25(18-9-10-30(27,28)13-18)12-14-1-7-17(23)8-2-14/h1-8,11,18H,9-10,12-13H2. The molecule has 1 saturated heterocycles. The van der Waals surface area contributed by atoms with Crippen molar-refractivity contribution < 1.29 is 22.1 Å². The molecular weight excluding hydrogens is 431 g/mol. The molecule has 9 heteroatoms. The van der Waals surface area contributed by atoms with E-state index in [0.29, 0.717) is 28.3 Å². The summed E-state index contributed by atoms with van der Waals surface area (Å²) in [6.45, 7) is 0.141. The van der Waals surface area contributed by atoms with Crippen molar-refractivity contribution in [2.24, 2.45) is 0 Å². The molecule has 0 bridgehead atoms. The second-order valence-electron chi connectivity index (χ2n) is 7.20. The van der Waals surface area contributed by atoms with Crippen LogP contribution in [0, 0.1) is 5.82 Å². The summed E-state index contributed by atoms with van der Waals surface area (Å²) in [6.07, 6.45) is 0.344. The van der Waals surface area contributed by atoms with E-state index in [0.717, 1.165) is 0 Å². The molecule has 1 aromatic heterocycles. The molecule has 0 radical (unpaired) electrons. The fourth-order valence-electron chi connectivity index (χ4n) is 3.45. The Bertz CT molecular complexity index is 1160. The highest BCUT2D eigenvalue weighted by Gasteiger charge is 2.36. The average molecular weight is 449 g/mol. The molecular formula is C21H18ClFN2O4S. The van der Waals surface area contributed by atoms with Crippen molar-refractivity contribution in [3.05, 3.63) is 76.7 Å². The maximum absolute atomic E-state index is 13.2. The van der Waals surface area contributed by atoms with E-state index in [-0.39, 0.29) is 29.6 Å². The highest BCUT2D eigenvalue weighted by molar-refractivity contribution is 7.91. The van der Waals surface area contributed by atoms with Crippen LogP contribution >= 0.6 is 11.6 Å². The molecule has 1 atom stereocenters. The molecule has 1 aliphatic rings. The van der Waals surface area contributed by atoms with E-state index in [1.54, 1.807) is 36.4 Å². The molecule has 1 fully saturated rings. The number of hydrogen-bond acceptors (Lipinski definition) is 5. The van der Waals surface area contributed by atoms with E-state index in [4.69, 9.17) is 16.1 Å². The maximum atomic E-state index is 13.2. The van der Waals surface area contributed by atoms with Crippen molar-refractivity contribution in [1.29, 1.82) is 0 Å². The quantitative estimate of drug-likeness (QED) is 0.590. The molecule has 156 valence electrons. The Morgan fingerprint density at radius 1 is 1.17 bits per heavy atom. The van der Waals surface area contributed by atoms with Crippen LogP contribution in [0.15, 0.2) is 59.1 Å². The Morgan fingerprint density at radius 3 is 2.50 bits per heavy atom.